The number of nitrogens with one attached hydrogen (secondary N) is 2. The minimum absolute atomic E-state index is 0.0101. The molecular formula is C46H64N8O7S. The number of carbonyl (C=O) groups is 3. The molecular weight excluding hydrogens is 809 g/mol. The number of carbonyl (C=O) groups excluding carboxylic acids is 3. The maximum absolute atomic E-state index is 14.3. The first-order valence-corrected chi connectivity index (χ1v) is 22.7. The Morgan fingerprint density at radius 3 is 2.44 bits per heavy atom. The van der Waals surface area contributed by atoms with Crippen LogP contribution in [-0.2, 0) is 43.2 Å². The molecule has 6 heterocycles. The van der Waals surface area contributed by atoms with E-state index in [9.17, 15) is 19.5 Å². The number of aromatic nitrogens is 3. The molecule has 16 heteroatoms. The number of benzene rings is 1. The quantitative estimate of drug-likeness (QED) is 0.128. The van der Waals surface area contributed by atoms with Gasteiger partial charge < -0.3 is 39.0 Å². The average Bonchev–Trinajstić information content (AvgIpc) is 3.82. The van der Waals surface area contributed by atoms with Crippen LogP contribution in [0.3, 0.4) is 0 Å². The highest BCUT2D eigenvalue weighted by Crippen LogP contribution is 2.43. The zero-order chi connectivity index (χ0) is 44.7. The fourth-order valence-electron chi connectivity index (χ4n) is 8.88. The van der Waals surface area contributed by atoms with Gasteiger partial charge >= 0.3 is 12.1 Å². The molecule has 15 nitrogen and oxygen atoms in total. The predicted octanol–water partition coefficient (Wildman–Crippen LogP) is 5.97. The van der Waals surface area contributed by atoms with Crippen molar-refractivity contribution >= 4 is 45.9 Å². The van der Waals surface area contributed by atoms with E-state index in [0.717, 1.165) is 76.5 Å². The van der Waals surface area contributed by atoms with Crippen molar-refractivity contribution < 1.29 is 33.7 Å². The Kier molecular flexibility index (Phi) is 13.4. The van der Waals surface area contributed by atoms with Crippen molar-refractivity contribution in [1.82, 2.24) is 35.2 Å². The van der Waals surface area contributed by atoms with Crippen LogP contribution in [0.5, 0.6) is 0 Å². The van der Waals surface area contributed by atoms with Crippen molar-refractivity contribution in [2.75, 3.05) is 59.0 Å². The molecule has 1 unspecified atom stereocenters. The van der Waals surface area contributed by atoms with Gasteiger partial charge in [0.2, 0.25) is 0 Å². The molecule has 3 saturated heterocycles. The second-order valence-electron chi connectivity index (χ2n) is 18.8. The van der Waals surface area contributed by atoms with Gasteiger partial charge in [-0.2, -0.15) is 0 Å². The molecule has 1 aliphatic carbocycles. The van der Waals surface area contributed by atoms with Gasteiger partial charge in [0.1, 0.15) is 17.7 Å². The van der Waals surface area contributed by atoms with Crippen LogP contribution in [0.25, 0.3) is 33.4 Å². The van der Waals surface area contributed by atoms with E-state index < -0.39 is 35.2 Å². The summed E-state index contributed by atoms with van der Waals surface area (Å²) in [6, 6.07) is 6.93. The van der Waals surface area contributed by atoms with E-state index in [4.69, 9.17) is 24.2 Å². The number of alkyl carbamates (subject to hydrolysis) is 1. The number of fused-ring (bicyclic) bond motifs is 3. The molecule has 1 saturated carbocycles. The van der Waals surface area contributed by atoms with E-state index in [1.807, 2.05) is 18.5 Å². The number of methoxy groups -OCH3 is 2. The molecule has 2 amide bonds. The summed E-state index contributed by atoms with van der Waals surface area (Å²) in [5.41, 5.74) is 9.72. The molecule has 336 valence electrons. The highest BCUT2D eigenvalue weighted by molar-refractivity contribution is 7.10. The minimum atomic E-state index is -1.01. The zero-order valence-corrected chi connectivity index (χ0v) is 38.7. The highest BCUT2D eigenvalue weighted by Gasteiger charge is 2.51. The van der Waals surface area contributed by atoms with Gasteiger partial charge in [-0.15, -0.1) is 11.3 Å². The van der Waals surface area contributed by atoms with Gasteiger partial charge in [-0.3, -0.25) is 19.6 Å². The number of amides is 2. The summed E-state index contributed by atoms with van der Waals surface area (Å²) in [6.45, 7) is 18.2. The average molecular weight is 873 g/mol. The Labute approximate surface area is 369 Å². The Morgan fingerprint density at radius 1 is 1.06 bits per heavy atom. The molecule has 0 spiro atoms. The van der Waals surface area contributed by atoms with Crippen molar-refractivity contribution in [1.29, 1.82) is 0 Å². The molecule has 0 radical (unpaired) electrons. The maximum atomic E-state index is 14.3. The molecule has 62 heavy (non-hydrogen) atoms. The first-order valence-electron chi connectivity index (χ1n) is 21.8. The largest absolute Gasteiger partial charge is 0.468 e. The van der Waals surface area contributed by atoms with Crippen LogP contribution in [0.2, 0.25) is 0 Å². The third-order valence-electron chi connectivity index (χ3n) is 12.5. The Balaban J connectivity index is 1.26. The van der Waals surface area contributed by atoms with Crippen molar-refractivity contribution in [3.05, 3.63) is 52.1 Å². The summed E-state index contributed by atoms with van der Waals surface area (Å²) in [5, 5.41) is 18.6. The van der Waals surface area contributed by atoms with Crippen LogP contribution in [0.4, 0.5) is 10.5 Å². The van der Waals surface area contributed by atoms with Crippen LogP contribution in [0.1, 0.15) is 83.7 Å². The number of aliphatic hydroxyl groups is 1. The standard InChI is InChI=1S/C46H64N8O7S/c1-11-53-37-13-12-28(20-32(37)34(23-46(6,7)26-55)41(53)33-21-31(24-47-39(33)27(2)59-9)52-16-14-51(8)15-17-52)36-25-62-38(48-36)22-35(49-44(58)61-45(3,4)5)42(56)54-30-18-29(19-30)40(50-54)43(57)60-10/h12-13,20-21,24-25,27,29-30,35,40,50,55H,11,14-19,22-23,26H2,1-10H3,(H,49,58)/t27-,29?,30?,35-,40?/m0/s1. The normalized spacial score (nSPS) is 20.5. The topological polar surface area (TPSA) is 164 Å². The maximum Gasteiger partial charge on any atom is 0.408 e. The summed E-state index contributed by atoms with van der Waals surface area (Å²) >= 11 is 1.42. The number of esters is 1. The predicted molar refractivity (Wildman–Crippen MR) is 241 cm³/mol. The number of anilines is 1. The summed E-state index contributed by atoms with van der Waals surface area (Å²) < 4.78 is 18.9. The lowest BCUT2D eigenvalue weighted by Gasteiger charge is -2.52. The molecule has 3 aliphatic heterocycles. The number of rotatable bonds is 14. The second-order valence-corrected chi connectivity index (χ2v) is 19.8. The molecule has 4 fully saturated rings. The van der Waals surface area contributed by atoms with E-state index >= 15 is 0 Å². The lowest BCUT2D eigenvalue weighted by atomic mass is 9.73. The molecule has 3 aromatic heterocycles. The van der Waals surface area contributed by atoms with Crippen LogP contribution < -0.4 is 15.6 Å². The number of ether oxygens (including phenoxy) is 3. The van der Waals surface area contributed by atoms with Gasteiger partial charge in [0, 0.05) is 86.3 Å². The highest BCUT2D eigenvalue weighted by atomic mass is 32.1. The summed E-state index contributed by atoms with van der Waals surface area (Å²) in [5.74, 6) is -0.702. The smallest absolute Gasteiger partial charge is 0.408 e. The summed E-state index contributed by atoms with van der Waals surface area (Å²) in [6.07, 6.45) is 3.07. The Hall–Kier alpha value is -4.61. The van der Waals surface area contributed by atoms with Crippen molar-refractivity contribution in [3.63, 3.8) is 0 Å². The third-order valence-corrected chi connectivity index (χ3v) is 13.4. The van der Waals surface area contributed by atoms with Gasteiger partial charge in [-0.25, -0.2) is 15.2 Å². The first kappa shape index (κ1) is 45.4. The number of hydrogen-bond donors (Lipinski definition) is 3. The Bertz CT molecular complexity index is 2270. The first-order chi connectivity index (χ1) is 29.4. The summed E-state index contributed by atoms with van der Waals surface area (Å²) in [4.78, 5) is 54.9. The van der Waals surface area contributed by atoms with E-state index in [-0.39, 0.29) is 37.0 Å². The molecule has 4 aliphatic rings. The van der Waals surface area contributed by atoms with E-state index in [1.54, 1.807) is 27.9 Å². The lowest BCUT2D eigenvalue weighted by Crippen LogP contribution is -2.71. The number of nitrogens with zero attached hydrogens (tertiary/aromatic N) is 6. The lowest BCUT2D eigenvalue weighted by molar-refractivity contribution is -0.167. The number of pyridine rings is 1. The van der Waals surface area contributed by atoms with Crippen LogP contribution in [-0.4, -0.2) is 125 Å². The molecule has 3 N–H and O–H groups in total. The Morgan fingerprint density at radius 2 is 1.79 bits per heavy atom. The zero-order valence-electron chi connectivity index (χ0n) is 37.9. The van der Waals surface area contributed by atoms with Crippen LogP contribution in [0, 0.1) is 11.3 Å². The van der Waals surface area contributed by atoms with Crippen molar-refractivity contribution in [2.45, 2.75) is 111 Å². The fraction of sp³-hybridized carbons (Fsp3) is 0.587. The fourth-order valence-corrected chi connectivity index (χ4v) is 9.73. The van der Waals surface area contributed by atoms with Crippen LogP contribution in [0.15, 0.2) is 35.8 Å². The van der Waals surface area contributed by atoms with E-state index in [0.29, 0.717) is 30.8 Å². The van der Waals surface area contributed by atoms with E-state index in [2.05, 4.69) is 77.2 Å². The molecule has 8 rings (SSSR count). The van der Waals surface area contributed by atoms with Crippen molar-refractivity contribution in [3.8, 4) is 22.5 Å². The number of hydrazine groups is 1. The molecule has 2 bridgehead atoms. The SMILES string of the molecule is CCn1c(-c2cc(N3CCN(C)CC3)cnc2[C@H](C)OC)c(CC(C)(C)CO)c2cc(-c3csc(C[C@H](NC(=O)OC(C)(C)C)C(=O)N4NC(C(=O)OC)C5CC4C5)n3)ccc21. The summed E-state index contributed by atoms with van der Waals surface area (Å²) in [7, 11) is 5.20. The number of aliphatic hydroxyl groups excluding tert-OH is 1. The van der Waals surface area contributed by atoms with Gasteiger partial charge in [-0.05, 0) is 96.0 Å². The third kappa shape index (κ3) is 9.49. The van der Waals surface area contributed by atoms with Gasteiger partial charge in [0.25, 0.3) is 5.91 Å². The number of piperazine rings is 1. The number of thiazole rings is 1. The van der Waals surface area contributed by atoms with Gasteiger partial charge in [-0.1, -0.05) is 19.9 Å². The minimum Gasteiger partial charge on any atom is -0.468 e. The van der Waals surface area contributed by atoms with Crippen LogP contribution >= 0.6 is 11.3 Å². The molecule has 4 aromatic rings. The molecule has 1 aromatic carbocycles. The van der Waals surface area contributed by atoms with Gasteiger partial charge in [0.15, 0.2) is 0 Å². The monoisotopic (exact) mass is 872 g/mol. The number of aryl methyl sites for hydroxylation is 1. The number of likely N-dealkylation sites (N-methyl/N-ethyl adjacent to an activating group) is 1. The molecule has 3 atom stereocenters. The second kappa shape index (κ2) is 18.2. The van der Waals surface area contributed by atoms with Crippen molar-refractivity contribution in [2.24, 2.45) is 11.3 Å². The van der Waals surface area contributed by atoms with Gasteiger partial charge in [0.05, 0.1) is 47.2 Å². The van der Waals surface area contributed by atoms with E-state index in [1.165, 1.54) is 23.5 Å². The number of hydrogen-bond acceptors (Lipinski definition) is 13.